The monoisotopic (exact) mass is 400 g/mol. The van der Waals surface area contributed by atoms with Crippen LogP contribution < -0.4 is 11.1 Å². The lowest BCUT2D eigenvalue weighted by atomic mass is 10.1. The predicted octanol–water partition coefficient (Wildman–Crippen LogP) is 1.67. The molecule has 7 heteroatoms. The summed E-state index contributed by atoms with van der Waals surface area (Å²) in [6, 6.07) is 16.3. The predicted molar refractivity (Wildman–Crippen MR) is 110 cm³/mol. The van der Waals surface area contributed by atoms with Crippen molar-refractivity contribution in [2.45, 2.75) is 37.1 Å². The van der Waals surface area contributed by atoms with Crippen molar-refractivity contribution in [3.63, 3.8) is 0 Å². The number of nitrogens with one attached hydrogen (secondary N) is 1. The second-order valence-electron chi connectivity index (χ2n) is 6.46. The van der Waals surface area contributed by atoms with E-state index in [0.717, 1.165) is 11.1 Å². The van der Waals surface area contributed by atoms with Crippen LogP contribution in [0.25, 0.3) is 0 Å². The van der Waals surface area contributed by atoms with Crippen molar-refractivity contribution in [2.75, 3.05) is 0 Å². The molecule has 6 nitrogen and oxygen atoms in total. The molecule has 2 aromatic carbocycles. The first-order valence-corrected chi connectivity index (χ1v) is 9.46. The van der Waals surface area contributed by atoms with E-state index < -0.39 is 35.2 Å². The summed E-state index contributed by atoms with van der Waals surface area (Å²) in [6.45, 7) is 1.59. The number of hydrogen-bond donors (Lipinski definition) is 3. The fourth-order valence-corrected chi connectivity index (χ4v) is 2.61. The van der Waals surface area contributed by atoms with Crippen LogP contribution in [-0.4, -0.2) is 35.2 Å². The van der Waals surface area contributed by atoms with Gasteiger partial charge in [-0.05, 0) is 24.5 Å². The minimum Gasteiger partial charge on any atom is -0.390 e. The number of carbonyl (C=O) groups excluding carboxylic acids is 3. The van der Waals surface area contributed by atoms with Gasteiger partial charge in [0, 0.05) is 6.42 Å². The number of hydrogen-bond acceptors (Lipinski definition) is 6. The fourth-order valence-electron chi connectivity index (χ4n) is 2.53. The van der Waals surface area contributed by atoms with Gasteiger partial charge in [0.25, 0.3) is 0 Å². The molecule has 0 saturated heterocycles. The standard InChI is InChI=1S/C21H24N2O4S/c1-14(28)19(24)23-18(13-16-10-6-3-7-11-16)21(26)27-20(25)17(22)12-15-8-4-2-5-9-15/h2-11,14,17-18,28H,12-13,22H2,1H3,(H,23,24)/t14?,17-,18-/m0/s1. The molecule has 2 aromatic rings. The summed E-state index contributed by atoms with van der Waals surface area (Å²) in [7, 11) is 0. The maximum atomic E-state index is 12.5. The highest BCUT2D eigenvalue weighted by Gasteiger charge is 2.28. The van der Waals surface area contributed by atoms with Gasteiger partial charge in [-0.2, -0.15) is 12.6 Å². The molecule has 1 unspecified atom stereocenters. The first-order chi connectivity index (χ1) is 13.4. The summed E-state index contributed by atoms with van der Waals surface area (Å²) in [4.78, 5) is 36.8. The molecule has 0 heterocycles. The van der Waals surface area contributed by atoms with Crippen LogP contribution in [0.3, 0.4) is 0 Å². The number of carbonyl (C=O) groups is 3. The number of ether oxygens (including phenoxy) is 1. The van der Waals surface area contributed by atoms with Crippen LogP contribution in [0.2, 0.25) is 0 Å². The highest BCUT2D eigenvalue weighted by atomic mass is 32.1. The summed E-state index contributed by atoms with van der Waals surface area (Å²) < 4.78 is 4.96. The van der Waals surface area contributed by atoms with Gasteiger partial charge in [0.2, 0.25) is 5.91 Å². The van der Waals surface area contributed by atoms with Crippen molar-refractivity contribution >= 4 is 30.5 Å². The van der Waals surface area contributed by atoms with E-state index in [1.807, 2.05) is 60.7 Å². The zero-order valence-corrected chi connectivity index (χ0v) is 16.5. The molecule has 0 saturated carbocycles. The molecule has 3 atom stereocenters. The largest absolute Gasteiger partial charge is 0.390 e. The summed E-state index contributed by atoms with van der Waals surface area (Å²) in [5, 5.41) is 1.97. The van der Waals surface area contributed by atoms with Gasteiger partial charge < -0.3 is 15.8 Å². The lowest BCUT2D eigenvalue weighted by molar-refractivity contribution is -0.162. The molecule has 0 radical (unpaired) electrons. The van der Waals surface area contributed by atoms with Crippen molar-refractivity contribution < 1.29 is 19.1 Å². The molecule has 0 aliphatic heterocycles. The zero-order valence-electron chi connectivity index (χ0n) is 15.6. The van der Waals surface area contributed by atoms with E-state index in [1.54, 1.807) is 6.92 Å². The van der Waals surface area contributed by atoms with Gasteiger partial charge >= 0.3 is 11.9 Å². The van der Waals surface area contributed by atoms with E-state index in [1.165, 1.54) is 0 Å². The molecular weight excluding hydrogens is 376 g/mol. The van der Waals surface area contributed by atoms with Gasteiger partial charge in [-0.1, -0.05) is 60.7 Å². The normalized spacial score (nSPS) is 13.8. The summed E-state index contributed by atoms with van der Waals surface area (Å²) in [5.41, 5.74) is 7.55. The molecule has 3 N–H and O–H groups in total. The van der Waals surface area contributed by atoms with Gasteiger partial charge in [-0.15, -0.1) is 0 Å². The van der Waals surface area contributed by atoms with Crippen LogP contribution in [0.15, 0.2) is 60.7 Å². The molecule has 0 spiro atoms. The Morgan fingerprint density at radius 3 is 1.93 bits per heavy atom. The fraction of sp³-hybridized carbons (Fsp3) is 0.286. The molecule has 0 bridgehead atoms. The Kier molecular flexibility index (Phi) is 8.22. The van der Waals surface area contributed by atoms with E-state index in [2.05, 4.69) is 17.9 Å². The molecule has 1 amide bonds. The second-order valence-corrected chi connectivity index (χ2v) is 7.24. The first kappa shape index (κ1) is 21.7. The number of benzene rings is 2. The quantitative estimate of drug-likeness (QED) is 0.356. The second kappa shape index (κ2) is 10.6. The first-order valence-electron chi connectivity index (χ1n) is 8.94. The van der Waals surface area contributed by atoms with Crippen molar-refractivity contribution in [3.05, 3.63) is 71.8 Å². The lowest BCUT2D eigenvalue weighted by Crippen LogP contribution is -2.47. The number of nitrogens with two attached hydrogens (primary N) is 1. The van der Waals surface area contributed by atoms with Crippen LogP contribution in [0.5, 0.6) is 0 Å². The average molecular weight is 401 g/mol. The van der Waals surface area contributed by atoms with Gasteiger partial charge in [0.1, 0.15) is 12.1 Å². The number of rotatable bonds is 8. The van der Waals surface area contributed by atoms with E-state index in [-0.39, 0.29) is 12.8 Å². The molecular formula is C21H24N2O4S. The minimum absolute atomic E-state index is 0.188. The Morgan fingerprint density at radius 2 is 1.43 bits per heavy atom. The number of thiol groups is 1. The Hall–Kier alpha value is -2.64. The Bertz CT molecular complexity index is 797. The third kappa shape index (κ3) is 6.83. The Labute approximate surface area is 169 Å². The third-order valence-corrected chi connectivity index (χ3v) is 4.30. The van der Waals surface area contributed by atoms with E-state index in [0.29, 0.717) is 0 Å². The third-order valence-electron chi connectivity index (χ3n) is 4.07. The van der Waals surface area contributed by atoms with Crippen molar-refractivity contribution in [1.82, 2.24) is 5.32 Å². The smallest absolute Gasteiger partial charge is 0.336 e. The van der Waals surface area contributed by atoms with E-state index >= 15 is 0 Å². The summed E-state index contributed by atoms with van der Waals surface area (Å²) in [6.07, 6.45) is 0.434. The summed E-state index contributed by atoms with van der Waals surface area (Å²) >= 11 is 4.07. The van der Waals surface area contributed by atoms with Crippen LogP contribution in [-0.2, 0) is 32.0 Å². The van der Waals surface area contributed by atoms with Crippen molar-refractivity contribution in [1.29, 1.82) is 0 Å². The Balaban J connectivity index is 2.03. The molecule has 148 valence electrons. The maximum Gasteiger partial charge on any atom is 0.336 e. The van der Waals surface area contributed by atoms with Crippen LogP contribution in [0.4, 0.5) is 0 Å². The molecule has 28 heavy (non-hydrogen) atoms. The molecule has 2 rings (SSSR count). The van der Waals surface area contributed by atoms with Gasteiger partial charge in [0.15, 0.2) is 0 Å². The minimum atomic E-state index is -1.02. The topological polar surface area (TPSA) is 98.5 Å². The zero-order chi connectivity index (χ0) is 20.5. The van der Waals surface area contributed by atoms with Crippen LogP contribution >= 0.6 is 12.6 Å². The SMILES string of the molecule is CC(S)C(=O)N[C@@H](Cc1ccccc1)C(=O)OC(=O)[C@@H](N)Cc1ccccc1. The lowest BCUT2D eigenvalue weighted by Gasteiger charge is -2.19. The maximum absolute atomic E-state index is 12.5. The van der Waals surface area contributed by atoms with Crippen molar-refractivity contribution in [2.24, 2.45) is 5.73 Å². The van der Waals surface area contributed by atoms with Crippen LogP contribution in [0, 0.1) is 0 Å². The molecule has 0 aliphatic carbocycles. The number of esters is 2. The Morgan fingerprint density at radius 1 is 0.929 bits per heavy atom. The van der Waals surface area contributed by atoms with Crippen LogP contribution in [0.1, 0.15) is 18.1 Å². The van der Waals surface area contributed by atoms with E-state index in [9.17, 15) is 14.4 Å². The van der Waals surface area contributed by atoms with Gasteiger partial charge in [-0.3, -0.25) is 4.79 Å². The highest BCUT2D eigenvalue weighted by molar-refractivity contribution is 7.81. The molecule has 0 fully saturated rings. The van der Waals surface area contributed by atoms with Crippen molar-refractivity contribution in [3.8, 4) is 0 Å². The molecule has 0 aromatic heterocycles. The highest BCUT2D eigenvalue weighted by Crippen LogP contribution is 2.08. The number of amides is 1. The average Bonchev–Trinajstić information content (AvgIpc) is 2.68. The van der Waals surface area contributed by atoms with Gasteiger partial charge in [0.05, 0.1) is 5.25 Å². The molecule has 0 aliphatic rings. The summed E-state index contributed by atoms with van der Waals surface area (Å²) in [5.74, 6) is -2.11. The van der Waals surface area contributed by atoms with E-state index in [4.69, 9.17) is 10.5 Å². The van der Waals surface area contributed by atoms with Gasteiger partial charge in [-0.25, -0.2) is 9.59 Å².